The highest BCUT2D eigenvalue weighted by Gasteiger charge is 2.33. The van der Waals surface area contributed by atoms with Crippen LogP contribution in [0.3, 0.4) is 0 Å². The van der Waals surface area contributed by atoms with E-state index in [1.54, 1.807) is 55.6 Å². The molecule has 3 aromatic rings. The van der Waals surface area contributed by atoms with Gasteiger partial charge in [0.2, 0.25) is 11.8 Å². The van der Waals surface area contributed by atoms with Gasteiger partial charge in [-0.05, 0) is 61.4 Å². The maximum Gasteiger partial charge on any atom is 0.264 e. The van der Waals surface area contributed by atoms with Gasteiger partial charge < -0.3 is 15.0 Å². The predicted molar refractivity (Wildman–Crippen MR) is 152 cm³/mol. The Morgan fingerprint density at radius 2 is 1.68 bits per heavy atom. The zero-order valence-corrected chi connectivity index (χ0v) is 24.3. The topological polar surface area (TPSA) is 96.0 Å². The summed E-state index contributed by atoms with van der Waals surface area (Å²) in [5.41, 5.74) is 2.01. The Morgan fingerprint density at radius 1 is 1.03 bits per heavy atom. The highest BCUT2D eigenvalue weighted by Crippen LogP contribution is 2.27. The number of nitrogens with zero attached hydrogens (tertiary/aromatic N) is 2. The number of aryl methyl sites for hydroxylation is 1. The number of ether oxygens (including phenoxy) is 1. The van der Waals surface area contributed by atoms with Crippen molar-refractivity contribution in [3.8, 4) is 5.75 Å². The molecule has 8 nitrogen and oxygen atoms in total. The molecule has 3 aromatic carbocycles. The monoisotopic (exact) mass is 601 g/mol. The number of sulfonamides is 1. The lowest BCUT2D eigenvalue weighted by atomic mass is 10.1. The zero-order chi connectivity index (χ0) is 27.9. The molecule has 202 valence electrons. The SMILES string of the molecule is CCC(C(=O)NC)N(Cc1ccc(OC)cc1)C(=O)CN(c1cccc(Br)c1)S(=O)(=O)c1ccc(C)cc1. The van der Waals surface area contributed by atoms with Crippen LogP contribution in [0.2, 0.25) is 0 Å². The molecule has 10 heteroatoms. The number of carbonyl (C=O) groups excluding carboxylic acids is 2. The molecule has 0 radical (unpaired) electrons. The number of anilines is 1. The van der Waals surface area contributed by atoms with Crippen LogP contribution in [0.1, 0.15) is 24.5 Å². The molecule has 2 amide bonds. The molecule has 1 N–H and O–H groups in total. The van der Waals surface area contributed by atoms with Crippen molar-refractivity contribution < 1.29 is 22.7 Å². The molecule has 0 aliphatic heterocycles. The molecule has 0 heterocycles. The minimum Gasteiger partial charge on any atom is -0.497 e. The summed E-state index contributed by atoms with van der Waals surface area (Å²) < 4.78 is 34.6. The van der Waals surface area contributed by atoms with Gasteiger partial charge in [0.15, 0.2) is 0 Å². The van der Waals surface area contributed by atoms with Crippen LogP contribution in [0.5, 0.6) is 5.75 Å². The maximum atomic E-state index is 13.9. The lowest BCUT2D eigenvalue weighted by molar-refractivity contribution is -0.140. The Morgan fingerprint density at radius 3 is 2.24 bits per heavy atom. The van der Waals surface area contributed by atoms with Crippen LogP contribution >= 0.6 is 15.9 Å². The fourth-order valence-corrected chi connectivity index (χ4v) is 5.80. The van der Waals surface area contributed by atoms with E-state index in [1.165, 1.54) is 24.1 Å². The summed E-state index contributed by atoms with van der Waals surface area (Å²) in [7, 11) is -1.03. The van der Waals surface area contributed by atoms with Crippen molar-refractivity contribution >= 4 is 43.5 Å². The normalized spacial score (nSPS) is 11.9. The number of halogens is 1. The van der Waals surface area contributed by atoms with E-state index in [-0.39, 0.29) is 17.3 Å². The number of hydrogen-bond acceptors (Lipinski definition) is 5. The van der Waals surface area contributed by atoms with Gasteiger partial charge in [0.1, 0.15) is 18.3 Å². The van der Waals surface area contributed by atoms with Crippen molar-refractivity contribution in [3.63, 3.8) is 0 Å². The van der Waals surface area contributed by atoms with Crippen molar-refractivity contribution in [2.24, 2.45) is 0 Å². The summed E-state index contributed by atoms with van der Waals surface area (Å²) in [6, 6.07) is 19.6. The number of nitrogens with one attached hydrogen (secondary N) is 1. The largest absolute Gasteiger partial charge is 0.497 e. The first kappa shape index (κ1) is 29.2. The van der Waals surface area contributed by atoms with Gasteiger partial charge in [-0.15, -0.1) is 0 Å². The highest BCUT2D eigenvalue weighted by atomic mass is 79.9. The van der Waals surface area contributed by atoms with Crippen LogP contribution in [-0.4, -0.2) is 51.9 Å². The summed E-state index contributed by atoms with van der Waals surface area (Å²) in [4.78, 5) is 28.2. The molecule has 0 spiro atoms. The molecule has 0 aliphatic rings. The van der Waals surface area contributed by atoms with Crippen molar-refractivity contribution in [1.29, 1.82) is 0 Å². The summed E-state index contributed by atoms with van der Waals surface area (Å²) in [6.07, 6.45) is 0.350. The van der Waals surface area contributed by atoms with Gasteiger partial charge in [0.05, 0.1) is 17.7 Å². The van der Waals surface area contributed by atoms with Crippen LogP contribution in [0.25, 0.3) is 0 Å². The smallest absolute Gasteiger partial charge is 0.264 e. The van der Waals surface area contributed by atoms with Crippen LogP contribution in [-0.2, 0) is 26.2 Å². The molecule has 0 aromatic heterocycles. The predicted octanol–water partition coefficient (Wildman–Crippen LogP) is 4.51. The molecule has 0 saturated carbocycles. The first-order valence-corrected chi connectivity index (χ1v) is 14.3. The van der Waals surface area contributed by atoms with Gasteiger partial charge >= 0.3 is 0 Å². The average molecular weight is 603 g/mol. The third-order valence-electron chi connectivity index (χ3n) is 6.13. The van der Waals surface area contributed by atoms with Gasteiger partial charge in [-0.3, -0.25) is 13.9 Å². The summed E-state index contributed by atoms with van der Waals surface area (Å²) in [6.45, 7) is 3.30. The van der Waals surface area contributed by atoms with Crippen molar-refractivity contribution in [2.75, 3.05) is 25.0 Å². The second kappa shape index (κ2) is 12.9. The number of benzene rings is 3. The number of likely N-dealkylation sites (N-methyl/N-ethyl adjacent to an activating group) is 1. The number of carbonyl (C=O) groups is 2. The molecule has 38 heavy (non-hydrogen) atoms. The van der Waals surface area contributed by atoms with Gasteiger partial charge in [-0.25, -0.2) is 8.42 Å². The molecule has 0 aliphatic carbocycles. The molecule has 1 unspecified atom stereocenters. The fourth-order valence-electron chi connectivity index (χ4n) is 4.01. The highest BCUT2D eigenvalue weighted by molar-refractivity contribution is 9.10. The Labute approximate surface area is 232 Å². The van der Waals surface area contributed by atoms with Crippen LogP contribution < -0.4 is 14.4 Å². The number of methoxy groups -OCH3 is 1. The first-order chi connectivity index (χ1) is 18.1. The summed E-state index contributed by atoms with van der Waals surface area (Å²) in [5.74, 6) is -0.174. The minimum absolute atomic E-state index is 0.0657. The van der Waals surface area contributed by atoms with Crippen LogP contribution in [0.15, 0.2) is 82.2 Å². The summed E-state index contributed by atoms with van der Waals surface area (Å²) in [5, 5.41) is 2.62. The molecule has 3 rings (SSSR count). The Kier molecular flexibility index (Phi) is 9.93. The van der Waals surface area contributed by atoms with Crippen molar-refractivity contribution in [3.05, 3.63) is 88.4 Å². The van der Waals surface area contributed by atoms with Gasteiger partial charge in [-0.2, -0.15) is 0 Å². The van der Waals surface area contributed by atoms with E-state index >= 15 is 0 Å². The van der Waals surface area contributed by atoms with E-state index in [9.17, 15) is 18.0 Å². The Balaban J connectivity index is 2.04. The number of hydrogen-bond donors (Lipinski definition) is 1. The lowest BCUT2D eigenvalue weighted by Gasteiger charge is -2.33. The standard InChI is InChI=1S/C28H32BrN3O5S/c1-5-26(28(34)30-3)31(18-21-11-13-24(37-4)14-12-21)27(33)19-32(23-8-6-7-22(29)17-23)38(35,36)25-15-9-20(2)10-16-25/h6-17,26H,5,18-19H2,1-4H3,(H,30,34). The van der Waals surface area contributed by atoms with Gasteiger partial charge in [-0.1, -0.05) is 58.7 Å². The minimum atomic E-state index is -4.11. The zero-order valence-electron chi connectivity index (χ0n) is 21.8. The van der Waals surface area contributed by atoms with E-state index in [0.717, 1.165) is 15.4 Å². The van der Waals surface area contributed by atoms with Crippen LogP contribution in [0, 0.1) is 6.92 Å². The molecular weight excluding hydrogens is 570 g/mol. The third kappa shape index (κ3) is 6.93. The lowest BCUT2D eigenvalue weighted by Crippen LogP contribution is -2.51. The number of rotatable bonds is 11. The maximum absolute atomic E-state index is 13.9. The van der Waals surface area contributed by atoms with Crippen molar-refractivity contribution in [2.45, 2.75) is 37.8 Å². The second-order valence-electron chi connectivity index (χ2n) is 8.71. The third-order valence-corrected chi connectivity index (χ3v) is 8.41. The van der Waals surface area contributed by atoms with Gasteiger partial charge in [0.25, 0.3) is 10.0 Å². The van der Waals surface area contributed by atoms with E-state index in [2.05, 4.69) is 21.2 Å². The average Bonchev–Trinajstić information content (AvgIpc) is 2.91. The quantitative estimate of drug-likeness (QED) is 0.349. The van der Waals surface area contributed by atoms with E-state index < -0.39 is 28.5 Å². The Bertz CT molecular complexity index is 1360. The molecular formula is C28H32BrN3O5S. The molecule has 0 fully saturated rings. The van der Waals surface area contributed by atoms with E-state index in [1.807, 2.05) is 26.0 Å². The molecule has 0 saturated heterocycles. The number of amides is 2. The summed E-state index contributed by atoms with van der Waals surface area (Å²) >= 11 is 3.40. The molecule has 1 atom stereocenters. The van der Waals surface area contributed by atoms with E-state index in [0.29, 0.717) is 22.3 Å². The fraction of sp³-hybridized carbons (Fsp3) is 0.286. The van der Waals surface area contributed by atoms with Gasteiger partial charge in [0, 0.05) is 18.1 Å². The van der Waals surface area contributed by atoms with Crippen LogP contribution in [0.4, 0.5) is 5.69 Å². The second-order valence-corrected chi connectivity index (χ2v) is 11.5. The Hall–Kier alpha value is -3.37. The first-order valence-electron chi connectivity index (χ1n) is 12.1. The molecule has 0 bridgehead atoms. The van der Waals surface area contributed by atoms with Crippen molar-refractivity contribution in [1.82, 2.24) is 10.2 Å². The van der Waals surface area contributed by atoms with E-state index in [4.69, 9.17) is 4.74 Å².